The Morgan fingerprint density at radius 1 is 1.53 bits per heavy atom. The van der Waals surface area contributed by atoms with Gasteiger partial charge in [-0.2, -0.15) is 0 Å². The topological polar surface area (TPSA) is 69.4 Å². The Labute approximate surface area is 91.8 Å². The number of ether oxygens (including phenoxy) is 1. The van der Waals surface area contributed by atoms with Gasteiger partial charge in [0.1, 0.15) is 11.6 Å². The lowest BCUT2D eigenvalue weighted by atomic mass is 10.2. The van der Waals surface area contributed by atoms with Gasteiger partial charge < -0.3 is 4.74 Å². The van der Waals surface area contributed by atoms with E-state index in [2.05, 4.69) is 0 Å². The number of hydrogen-bond acceptors (Lipinski definition) is 3. The van der Waals surface area contributed by atoms with Gasteiger partial charge in [0.15, 0.2) is 0 Å². The molecule has 84 valence electrons. The number of primary sulfonamides is 1. The van der Waals surface area contributed by atoms with Crippen molar-refractivity contribution in [1.29, 1.82) is 0 Å². The molecule has 15 heavy (non-hydrogen) atoms. The predicted molar refractivity (Wildman–Crippen MR) is 54.8 cm³/mol. The van der Waals surface area contributed by atoms with E-state index >= 15 is 0 Å². The Hall–Kier alpha value is -0.850. The third kappa shape index (κ3) is 3.05. The van der Waals surface area contributed by atoms with Crippen LogP contribution in [0.15, 0.2) is 12.1 Å². The number of nitrogens with two attached hydrogens (primary N) is 1. The molecule has 0 amide bonds. The van der Waals surface area contributed by atoms with Crippen molar-refractivity contribution in [2.75, 3.05) is 7.11 Å². The molecule has 2 N–H and O–H groups in total. The standard InChI is InChI=1S/C8H9ClFNO3S/c1-14-7-3-2-6(10)8(9)5(7)4-15(11,12)13/h2-3H,4H2,1H3,(H2,11,12,13). The molecule has 0 aliphatic carbocycles. The minimum atomic E-state index is -3.78. The van der Waals surface area contributed by atoms with Crippen molar-refractivity contribution in [3.8, 4) is 5.75 Å². The van der Waals surface area contributed by atoms with Crippen LogP contribution in [-0.2, 0) is 15.8 Å². The van der Waals surface area contributed by atoms with Gasteiger partial charge >= 0.3 is 0 Å². The molecular weight excluding hydrogens is 245 g/mol. The second kappa shape index (κ2) is 4.34. The highest BCUT2D eigenvalue weighted by molar-refractivity contribution is 7.88. The van der Waals surface area contributed by atoms with Gasteiger partial charge in [-0.05, 0) is 12.1 Å². The largest absolute Gasteiger partial charge is 0.496 e. The van der Waals surface area contributed by atoms with Crippen LogP contribution < -0.4 is 9.88 Å². The average Bonchev–Trinajstić information content (AvgIpc) is 2.11. The van der Waals surface area contributed by atoms with Crippen LogP contribution in [-0.4, -0.2) is 15.5 Å². The molecule has 0 spiro atoms. The molecule has 0 unspecified atom stereocenters. The SMILES string of the molecule is COc1ccc(F)c(Cl)c1CS(N)(=O)=O. The first-order valence-electron chi connectivity index (χ1n) is 3.86. The van der Waals surface area contributed by atoms with Gasteiger partial charge in [0.2, 0.25) is 10.0 Å². The summed E-state index contributed by atoms with van der Waals surface area (Å²) in [4.78, 5) is 0. The zero-order valence-corrected chi connectivity index (χ0v) is 9.40. The molecule has 0 atom stereocenters. The Morgan fingerprint density at radius 3 is 2.60 bits per heavy atom. The van der Waals surface area contributed by atoms with Crippen molar-refractivity contribution in [3.63, 3.8) is 0 Å². The maximum atomic E-state index is 13.0. The van der Waals surface area contributed by atoms with Crippen LogP contribution >= 0.6 is 11.6 Å². The van der Waals surface area contributed by atoms with E-state index < -0.39 is 21.6 Å². The molecule has 1 rings (SSSR count). The lowest BCUT2D eigenvalue weighted by Gasteiger charge is -2.09. The van der Waals surface area contributed by atoms with Gasteiger partial charge in [-0.1, -0.05) is 11.6 Å². The van der Waals surface area contributed by atoms with E-state index in [0.717, 1.165) is 6.07 Å². The van der Waals surface area contributed by atoms with Crippen LogP contribution in [0.4, 0.5) is 4.39 Å². The van der Waals surface area contributed by atoms with Gasteiger partial charge in [-0.25, -0.2) is 17.9 Å². The van der Waals surface area contributed by atoms with E-state index in [9.17, 15) is 12.8 Å². The predicted octanol–water partition coefficient (Wildman–Crippen LogP) is 1.28. The van der Waals surface area contributed by atoms with Crippen LogP contribution in [0.2, 0.25) is 5.02 Å². The summed E-state index contributed by atoms with van der Waals surface area (Å²) in [6.45, 7) is 0. The van der Waals surface area contributed by atoms with Crippen LogP contribution in [0.3, 0.4) is 0 Å². The van der Waals surface area contributed by atoms with Crippen molar-refractivity contribution in [1.82, 2.24) is 0 Å². The van der Waals surface area contributed by atoms with Gasteiger partial charge in [0.25, 0.3) is 0 Å². The Morgan fingerprint density at radius 2 is 2.13 bits per heavy atom. The van der Waals surface area contributed by atoms with E-state index in [0.29, 0.717) is 0 Å². The summed E-state index contributed by atoms with van der Waals surface area (Å²) in [5.41, 5.74) is 0.0293. The van der Waals surface area contributed by atoms with E-state index in [1.165, 1.54) is 13.2 Å². The highest BCUT2D eigenvalue weighted by Crippen LogP contribution is 2.30. The van der Waals surface area contributed by atoms with Crippen LogP contribution in [0.1, 0.15) is 5.56 Å². The summed E-state index contributed by atoms with van der Waals surface area (Å²) >= 11 is 5.61. The summed E-state index contributed by atoms with van der Waals surface area (Å²) in [5.74, 6) is -1.08. The lowest BCUT2D eigenvalue weighted by molar-refractivity contribution is 0.409. The molecule has 0 aromatic heterocycles. The Kier molecular flexibility index (Phi) is 3.54. The average molecular weight is 254 g/mol. The van der Waals surface area contributed by atoms with Crippen molar-refractivity contribution < 1.29 is 17.5 Å². The molecule has 0 fully saturated rings. The number of halogens is 2. The molecule has 0 saturated heterocycles. The number of hydrogen-bond donors (Lipinski definition) is 1. The van der Waals surface area contributed by atoms with Gasteiger partial charge in [-0.15, -0.1) is 0 Å². The fourth-order valence-corrected chi connectivity index (χ4v) is 2.09. The number of benzene rings is 1. The fraction of sp³-hybridized carbons (Fsp3) is 0.250. The van der Waals surface area contributed by atoms with Gasteiger partial charge in [-0.3, -0.25) is 0 Å². The summed E-state index contributed by atoms with van der Waals surface area (Å²) in [5, 5.41) is 4.56. The minimum Gasteiger partial charge on any atom is -0.496 e. The first-order chi connectivity index (χ1) is 6.85. The number of methoxy groups -OCH3 is 1. The number of rotatable bonds is 3. The van der Waals surface area contributed by atoms with E-state index in [1.807, 2.05) is 0 Å². The van der Waals surface area contributed by atoms with Crippen LogP contribution in [0.5, 0.6) is 5.75 Å². The summed E-state index contributed by atoms with van der Waals surface area (Å²) in [6, 6.07) is 2.38. The minimum absolute atomic E-state index is 0.0293. The zero-order chi connectivity index (χ0) is 11.6. The number of sulfonamides is 1. The highest BCUT2D eigenvalue weighted by atomic mass is 35.5. The van der Waals surface area contributed by atoms with E-state index in [4.69, 9.17) is 21.5 Å². The van der Waals surface area contributed by atoms with Gasteiger partial charge in [0, 0.05) is 5.56 Å². The van der Waals surface area contributed by atoms with Crippen molar-refractivity contribution in [2.45, 2.75) is 5.75 Å². The molecule has 1 aromatic rings. The first kappa shape index (κ1) is 12.2. The molecule has 0 aliphatic heterocycles. The molecule has 7 heteroatoms. The van der Waals surface area contributed by atoms with Crippen molar-refractivity contribution >= 4 is 21.6 Å². The molecular formula is C8H9ClFNO3S. The molecule has 1 aromatic carbocycles. The summed E-state index contributed by atoms with van der Waals surface area (Å²) in [7, 11) is -2.45. The molecule has 0 saturated carbocycles. The molecule has 4 nitrogen and oxygen atoms in total. The Balaban J connectivity index is 3.30. The third-order valence-electron chi connectivity index (χ3n) is 1.72. The van der Waals surface area contributed by atoms with E-state index in [1.54, 1.807) is 0 Å². The van der Waals surface area contributed by atoms with Gasteiger partial charge in [0.05, 0.1) is 17.9 Å². The summed E-state index contributed by atoms with van der Waals surface area (Å²) in [6.07, 6.45) is 0. The smallest absolute Gasteiger partial charge is 0.213 e. The second-order valence-corrected chi connectivity index (χ2v) is 4.84. The maximum absolute atomic E-state index is 13.0. The van der Waals surface area contributed by atoms with Crippen molar-refractivity contribution in [2.24, 2.45) is 5.14 Å². The van der Waals surface area contributed by atoms with Crippen molar-refractivity contribution in [3.05, 3.63) is 28.5 Å². The normalized spacial score (nSPS) is 11.5. The fourth-order valence-electron chi connectivity index (χ4n) is 1.10. The molecule has 0 radical (unpaired) electrons. The molecule has 0 heterocycles. The third-order valence-corrected chi connectivity index (χ3v) is 2.82. The zero-order valence-electron chi connectivity index (χ0n) is 7.83. The quantitative estimate of drug-likeness (QED) is 0.882. The molecule has 0 aliphatic rings. The maximum Gasteiger partial charge on any atom is 0.213 e. The van der Waals surface area contributed by atoms with Crippen LogP contribution in [0, 0.1) is 5.82 Å². The monoisotopic (exact) mass is 253 g/mol. The summed E-state index contributed by atoms with van der Waals surface area (Å²) < 4.78 is 39.7. The first-order valence-corrected chi connectivity index (χ1v) is 5.96. The Bertz CT molecular complexity index is 475. The van der Waals surface area contributed by atoms with E-state index in [-0.39, 0.29) is 16.3 Å². The van der Waals surface area contributed by atoms with Crippen LogP contribution in [0.25, 0.3) is 0 Å². The highest BCUT2D eigenvalue weighted by Gasteiger charge is 2.17. The lowest BCUT2D eigenvalue weighted by Crippen LogP contribution is -2.15. The second-order valence-electron chi connectivity index (χ2n) is 2.85. The molecule has 0 bridgehead atoms.